The SMILES string of the molecule is C/C=C(\NC(=O)c1csc([C@@H](Cc2ccc(OC(C)(C)C)cc2)NC(=O)OC(C)(C)C)n1)C(=O)N[C@H](C(=O)O[C@H](/C=C/CCSC(=O)CCCCCCC)CC(=O)OCC[Si](C)(C)C)C(C)C. The zero-order valence-electron chi connectivity index (χ0n) is 42.3. The van der Waals surface area contributed by atoms with Crippen LogP contribution in [-0.4, -0.2) is 83.7 Å². The number of aromatic nitrogens is 1. The molecule has 17 heteroatoms. The summed E-state index contributed by atoms with van der Waals surface area (Å²) < 4.78 is 22.8. The van der Waals surface area contributed by atoms with E-state index in [0.29, 0.717) is 35.8 Å². The van der Waals surface area contributed by atoms with Crippen LogP contribution < -0.4 is 20.7 Å². The van der Waals surface area contributed by atoms with Gasteiger partial charge in [0, 0.05) is 25.6 Å². The van der Waals surface area contributed by atoms with Crippen molar-refractivity contribution in [1.29, 1.82) is 0 Å². The number of carbonyl (C=O) groups is 6. The number of thiazole rings is 1. The summed E-state index contributed by atoms with van der Waals surface area (Å²) in [6, 6.07) is 6.47. The van der Waals surface area contributed by atoms with E-state index in [-0.39, 0.29) is 35.1 Å². The van der Waals surface area contributed by atoms with Crippen molar-refractivity contribution >= 4 is 66.1 Å². The number of benzene rings is 1. The van der Waals surface area contributed by atoms with Gasteiger partial charge < -0.3 is 34.9 Å². The third kappa shape index (κ3) is 25.5. The maximum Gasteiger partial charge on any atom is 0.408 e. The quantitative estimate of drug-likeness (QED) is 0.0192. The molecule has 3 N–H and O–H groups in total. The number of rotatable bonds is 27. The van der Waals surface area contributed by atoms with Crippen LogP contribution in [0.4, 0.5) is 4.79 Å². The first-order valence-corrected chi connectivity index (χ1v) is 29.1. The molecule has 3 atom stereocenters. The standard InChI is InChI=1S/C50H78N4O10S2Si/c1-14-16-17-18-19-23-42(56)65-29-21-20-22-37(32-41(55)61-28-30-67(11,12)13)62-47(59)43(34(3)4)54-44(57)38(15-2)51-45(58)40-33-66-46(52-40)39(53-48(60)64-50(8,9)10)31-35-24-26-36(27-25-35)63-49(5,6)7/h15,20,22,24-27,33-34,37,39,43H,14,16-19,21,23,28-32H2,1-13H3,(H,51,58)(H,53,60)(H,54,57)/b22-20+,38-15-/t37-,39-,43+/m1/s1. The highest BCUT2D eigenvalue weighted by atomic mass is 32.2. The van der Waals surface area contributed by atoms with E-state index in [1.54, 1.807) is 53.7 Å². The molecule has 1 aromatic carbocycles. The van der Waals surface area contributed by atoms with Gasteiger partial charge in [-0.25, -0.2) is 14.6 Å². The first-order chi connectivity index (χ1) is 31.3. The smallest absolute Gasteiger partial charge is 0.408 e. The molecular formula is C50H78N4O10S2Si. The summed E-state index contributed by atoms with van der Waals surface area (Å²) >= 11 is 2.43. The first-order valence-electron chi connectivity index (χ1n) is 23.5. The molecule has 0 bridgehead atoms. The van der Waals surface area contributed by atoms with Gasteiger partial charge in [-0.2, -0.15) is 0 Å². The van der Waals surface area contributed by atoms with E-state index in [1.165, 1.54) is 41.0 Å². The normalized spacial score (nSPS) is 13.7. The minimum absolute atomic E-state index is 0.00779. The second kappa shape index (κ2) is 28.8. The molecule has 0 fully saturated rings. The fourth-order valence-corrected chi connectivity index (χ4v) is 8.48. The number of hydrogen-bond acceptors (Lipinski definition) is 13. The van der Waals surface area contributed by atoms with Crippen molar-refractivity contribution in [2.45, 2.75) is 182 Å². The first kappa shape index (κ1) is 58.6. The number of ether oxygens (including phenoxy) is 4. The molecule has 374 valence electrons. The molecule has 0 radical (unpaired) electrons. The number of alkyl carbamates (subject to hydrolysis) is 1. The zero-order valence-corrected chi connectivity index (χ0v) is 44.9. The van der Waals surface area contributed by atoms with Crippen molar-refractivity contribution in [3.05, 3.63) is 69.8 Å². The van der Waals surface area contributed by atoms with Gasteiger partial charge in [0.1, 0.15) is 45.5 Å². The van der Waals surface area contributed by atoms with Crippen LogP contribution in [0.2, 0.25) is 25.7 Å². The maximum atomic E-state index is 13.8. The molecular weight excluding hydrogens is 909 g/mol. The molecule has 67 heavy (non-hydrogen) atoms. The molecule has 3 amide bonds. The van der Waals surface area contributed by atoms with Gasteiger partial charge in [-0.1, -0.05) is 102 Å². The Morgan fingerprint density at radius 1 is 0.910 bits per heavy atom. The average molecular weight is 987 g/mol. The van der Waals surface area contributed by atoms with Crippen LogP contribution in [0.15, 0.2) is 53.6 Å². The van der Waals surface area contributed by atoms with Gasteiger partial charge >= 0.3 is 18.0 Å². The van der Waals surface area contributed by atoms with Crippen molar-refractivity contribution in [2.24, 2.45) is 5.92 Å². The van der Waals surface area contributed by atoms with Crippen LogP contribution in [0.25, 0.3) is 0 Å². The number of unbranched alkanes of at least 4 members (excludes halogenated alkanes) is 4. The molecule has 0 aliphatic rings. The van der Waals surface area contributed by atoms with Gasteiger partial charge in [0.15, 0.2) is 5.12 Å². The fraction of sp³-hybridized carbons (Fsp3) is 0.620. The van der Waals surface area contributed by atoms with Crippen molar-refractivity contribution in [3.8, 4) is 5.75 Å². The second-order valence-corrected chi connectivity index (χ2v) is 27.7. The van der Waals surface area contributed by atoms with Crippen molar-refractivity contribution < 1.29 is 47.7 Å². The molecule has 0 saturated carbocycles. The van der Waals surface area contributed by atoms with Crippen molar-refractivity contribution in [2.75, 3.05) is 12.4 Å². The van der Waals surface area contributed by atoms with Crippen LogP contribution in [0, 0.1) is 5.92 Å². The topological polar surface area (TPSA) is 188 Å². The summed E-state index contributed by atoms with van der Waals surface area (Å²) in [5.41, 5.74) is -0.375. The second-order valence-electron chi connectivity index (χ2n) is 20.0. The number of carbonyl (C=O) groups excluding carboxylic acids is 6. The van der Waals surface area contributed by atoms with Crippen LogP contribution >= 0.6 is 23.1 Å². The van der Waals surface area contributed by atoms with E-state index in [2.05, 4.69) is 47.5 Å². The van der Waals surface area contributed by atoms with E-state index >= 15 is 0 Å². The third-order valence-corrected chi connectivity index (χ3v) is 13.3. The number of thioether (sulfide) groups is 1. The number of nitrogens with one attached hydrogen (secondary N) is 3. The number of allylic oxidation sites excluding steroid dienone is 2. The molecule has 2 rings (SSSR count). The highest BCUT2D eigenvalue weighted by molar-refractivity contribution is 8.13. The van der Waals surface area contributed by atoms with Gasteiger partial charge in [0.05, 0.1) is 19.1 Å². The molecule has 0 unspecified atom stereocenters. The molecule has 2 aromatic rings. The van der Waals surface area contributed by atoms with E-state index in [1.807, 2.05) is 45.0 Å². The number of nitrogens with zero attached hydrogens (tertiary/aromatic N) is 1. The van der Waals surface area contributed by atoms with Crippen LogP contribution in [-0.2, 0) is 39.8 Å². The minimum Gasteiger partial charge on any atom is -0.488 e. The maximum absolute atomic E-state index is 13.8. The van der Waals surface area contributed by atoms with E-state index in [4.69, 9.17) is 18.9 Å². The highest BCUT2D eigenvalue weighted by Crippen LogP contribution is 2.26. The van der Waals surface area contributed by atoms with Gasteiger partial charge in [0.2, 0.25) is 0 Å². The Bertz CT molecular complexity index is 1960. The predicted octanol–water partition coefficient (Wildman–Crippen LogP) is 10.7. The van der Waals surface area contributed by atoms with Crippen molar-refractivity contribution in [1.82, 2.24) is 20.9 Å². The van der Waals surface area contributed by atoms with E-state index < -0.39 is 67.6 Å². The van der Waals surface area contributed by atoms with Crippen LogP contribution in [0.3, 0.4) is 0 Å². The molecule has 0 aliphatic carbocycles. The predicted molar refractivity (Wildman–Crippen MR) is 271 cm³/mol. The molecule has 0 aliphatic heterocycles. The molecule has 1 aromatic heterocycles. The monoisotopic (exact) mass is 986 g/mol. The Labute approximate surface area is 409 Å². The highest BCUT2D eigenvalue weighted by Gasteiger charge is 2.31. The lowest BCUT2D eigenvalue weighted by Gasteiger charge is -2.24. The molecule has 1 heterocycles. The molecule has 14 nitrogen and oxygen atoms in total. The van der Waals surface area contributed by atoms with Gasteiger partial charge in [0.25, 0.3) is 11.8 Å². The number of amides is 3. The number of esters is 2. The zero-order chi connectivity index (χ0) is 50.4. The van der Waals surface area contributed by atoms with Gasteiger partial charge in [-0.15, -0.1) is 11.3 Å². The van der Waals surface area contributed by atoms with Gasteiger partial charge in [-0.05, 0) is 103 Å². The summed E-state index contributed by atoms with van der Waals surface area (Å²) in [4.78, 5) is 83.9. The van der Waals surface area contributed by atoms with Crippen LogP contribution in [0.1, 0.15) is 148 Å². The fourth-order valence-electron chi connectivity index (χ4n) is 6.15. The van der Waals surface area contributed by atoms with Crippen LogP contribution in [0.5, 0.6) is 5.75 Å². The molecule has 0 saturated heterocycles. The lowest BCUT2D eigenvalue weighted by atomic mass is 10.0. The summed E-state index contributed by atoms with van der Waals surface area (Å²) in [6.45, 7) is 25.2. The lowest BCUT2D eigenvalue weighted by molar-refractivity contribution is -0.156. The molecule has 0 spiro atoms. The summed E-state index contributed by atoms with van der Waals surface area (Å²) in [5, 5.41) is 10.3. The Morgan fingerprint density at radius 2 is 1.58 bits per heavy atom. The summed E-state index contributed by atoms with van der Waals surface area (Å²) in [6.07, 6.45) is 9.70. The minimum atomic E-state index is -1.47. The average Bonchev–Trinajstić information content (AvgIpc) is 3.71. The van der Waals surface area contributed by atoms with E-state index in [9.17, 15) is 28.8 Å². The summed E-state index contributed by atoms with van der Waals surface area (Å²) in [7, 11) is -1.47. The Hall–Kier alpha value is -4.48. The largest absolute Gasteiger partial charge is 0.488 e. The number of hydrogen-bond donors (Lipinski definition) is 3. The Balaban J connectivity index is 2.19. The van der Waals surface area contributed by atoms with Gasteiger partial charge in [-0.3, -0.25) is 19.2 Å². The Kier molecular flexibility index (Phi) is 25.2. The third-order valence-electron chi connectivity index (χ3n) is 9.65. The van der Waals surface area contributed by atoms with Crippen molar-refractivity contribution in [3.63, 3.8) is 0 Å². The lowest BCUT2D eigenvalue weighted by Crippen LogP contribution is -2.48. The Morgan fingerprint density at radius 3 is 2.18 bits per heavy atom. The summed E-state index contributed by atoms with van der Waals surface area (Å²) in [5.74, 6) is -1.92. The van der Waals surface area contributed by atoms with E-state index in [0.717, 1.165) is 37.3 Å².